The minimum Gasteiger partial charge on any atom is -0.477 e. The second-order valence-corrected chi connectivity index (χ2v) is 4.18. The van der Waals surface area contributed by atoms with Gasteiger partial charge in [0.15, 0.2) is 0 Å². The molecule has 6 heteroatoms. The van der Waals surface area contributed by atoms with Crippen LogP contribution in [-0.4, -0.2) is 20.9 Å². The van der Waals surface area contributed by atoms with E-state index in [-0.39, 0.29) is 5.56 Å². The van der Waals surface area contributed by atoms with Gasteiger partial charge in [-0.15, -0.1) is 0 Å². The highest BCUT2D eigenvalue weighted by Crippen LogP contribution is 2.13. The van der Waals surface area contributed by atoms with Crippen molar-refractivity contribution in [2.24, 2.45) is 0 Å². The van der Waals surface area contributed by atoms with E-state index in [1.807, 2.05) is 0 Å². The van der Waals surface area contributed by atoms with E-state index >= 15 is 0 Å². The Hall–Kier alpha value is -2.01. The van der Waals surface area contributed by atoms with Crippen molar-refractivity contribution in [1.82, 2.24) is 9.78 Å². The summed E-state index contributed by atoms with van der Waals surface area (Å²) >= 11 is 5.76. The fourth-order valence-electron chi connectivity index (χ4n) is 1.73. The Morgan fingerprint density at radius 1 is 1.39 bits per heavy atom. The Labute approximate surface area is 108 Å². The highest BCUT2D eigenvalue weighted by molar-refractivity contribution is 6.30. The van der Waals surface area contributed by atoms with E-state index in [4.69, 9.17) is 16.7 Å². The average Bonchev–Trinajstić information content (AvgIpc) is 2.67. The number of aromatic nitrogens is 2. The van der Waals surface area contributed by atoms with Gasteiger partial charge in [-0.05, 0) is 30.7 Å². The van der Waals surface area contributed by atoms with E-state index in [0.29, 0.717) is 22.8 Å². The number of nitrogens with one attached hydrogen (secondary N) is 1. The lowest BCUT2D eigenvalue weighted by Gasteiger charge is -2.01. The van der Waals surface area contributed by atoms with Crippen LogP contribution in [-0.2, 0) is 6.42 Å². The normalized spacial score (nSPS) is 10.6. The fourth-order valence-corrected chi connectivity index (χ4v) is 1.86. The fraction of sp³-hybridized carbons (Fsp3) is 0.167. The zero-order valence-corrected chi connectivity index (χ0v) is 10.4. The lowest BCUT2D eigenvalue weighted by atomic mass is 10.2. The van der Waals surface area contributed by atoms with Crippen molar-refractivity contribution in [1.29, 1.82) is 0 Å². The molecule has 0 radical (unpaired) electrons. The van der Waals surface area contributed by atoms with Gasteiger partial charge in [-0.1, -0.05) is 18.5 Å². The largest absolute Gasteiger partial charge is 0.477 e. The van der Waals surface area contributed by atoms with Crippen molar-refractivity contribution >= 4 is 17.6 Å². The number of halogens is 1. The van der Waals surface area contributed by atoms with E-state index in [1.165, 1.54) is 4.68 Å². The number of nitrogens with zero attached hydrogens (tertiary/aromatic N) is 1. The van der Waals surface area contributed by atoms with E-state index in [0.717, 1.165) is 0 Å². The number of carbonyl (C=O) groups is 1. The smallest absolute Gasteiger partial charge is 0.343 e. The number of hydrogen-bond acceptors (Lipinski definition) is 2. The first-order valence-corrected chi connectivity index (χ1v) is 5.75. The van der Waals surface area contributed by atoms with Gasteiger partial charge in [-0.2, -0.15) is 0 Å². The molecule has 0 atom stereocenters. The summed E-state index contributed by atoms with van der Waals surface area (Å²) in [5, 5.41) is 12.4. The van der Waals surface area contributed by atoms with E-state index < -0.39 is 11.5 Å². The van der Waals surface area contributed by atoms with E-state index in [2.05, 4.69) is 5.10 Å². The van der Waals surface area contributed by atoms with Crippen LogP contribution in [0.25, 0.3) is 5.69 Å². The summed E-state index contributed by atoms with van der Waals surface area (Å²) < 4.78 is 1.21. The molecule has 1 heterocycles. The lowest BCUT2D eigenvalue weighted by molar-refractivity contribution is 0.0694. The first-order chi connectivity index (χ1) is 8.54. The van der Waals surface area contributed by atoms with Crippen LogP contribution in [0.15, 0.2) is 29.1 Å². The Morgan fingerprint density at radius 2 is 2.00 bits per heavy atom. The third-order valence-corrected chi connectivity index (χ3v) is 2.87. The first kappa shape index (κ1) is 12.4. The molecule has 2 rings (SSSR count). The van der Waals surface area contributed by atoms with Crippen LogP contribution in [0.3, 0.4) is 0 Å². The number of benzene rings is 1. The summed E-state index contributed by atoms with van der Waals surface area (Å²) in [6.07, 6.45) is 0.442. The predicted molar refractivity (Wildman–Crippen MR) is 67.7 cm³/mol. The van der Waals surface area contributed by atoms with Crippen molar-refractivity contribution in [3.8, 4) is 5.69 Å². The minimum atomic E-state index is -1.22. The van der Waals surface area contributed by atoms with Crippen molar-refractivity contribution in [2.75, 3.05) is 0 Å². The summed E-state index contributed by atoms with van der Waals surface area (Å²) in [6, 6.07) is 6.56. The van der Waals surface area contributed by atoms with Gasteiger partial charge in [0.2, 0.25) is 0 Å². The topological polar surface area (TPSA) is 75.1 Å². The molecule has 1 aromatic heterocycles. The third kappa shape index (κ3) is 2.04. The average molecular weight is 267 g/mol. The predicted octanol–water partition coefficient (Wildman–Crippen LogP) is 2.08. The van der Waals surface area contributed by atoms with Gasteiger partial charge >= 0.3 is 5.97 Å². The summed E-state index contributed by atoms with van der Waals surface area (Å²) in [6.45, 7) is 1.78. The number of aryl methyl sites for hydroxylation is 1. The second-order valence-electron chi connectivity index (χ2n) is 3.74. The van der Waals surface area contributed by atoms with Gasteiger partial charge in [0.25, 0.3) is 5.56 Å². The monoisotopic (exact) mass is 266 g/mol. The molecule has 18 heavy (non-hydrogen) atoms. The van der Waals surface area contributed by atoms with Crippen LogP contribution in [0.5, 0.6) is 0 Å². The zero-order valence-electron chi connectivity index (χ0n) is 9.61. The van der Waals surface area contributed by atoms with E-state index in [9.17, 15) is 9.59 Å². The van der Waals surface area contributed by atoms with Crippen LogP contribution in [0.4, 0.5) is 0 Å². The molecule has 0 aliphatic carbocycles. The van der Waals surface area contributed by atoms with Gasteiger partial charge in [0, 0.05) is 5.02 Å². The molecule has 0 aliphatic heterocycles. The van der Waals surface area contributed by atoms with Gasteiger partial charge in [0.1, 0.15) is 5.56 Å². The molecule has 1 aromatic carbocycles. The van der Waals surface area contributed by atoms with Gasteiger partial charge in [-0.25, -0.2) is 9.48 Å². The first-order valence-electron chi connectivity index (χ1n) is 5.37. The molecular formula is C12H11ClN2O3. The molecule has 94 valence electrons. The molecule has 0 fully saturated rings. The van der Waals surface area contributed by atoms with Crippen molar-refractivity contribution in [2.45, 2.75) is 13.3 Å². The number of aromatic amines is 1. The molecule has 0 spiro atoms. The molecule has 0 unspecified atom stereocenters. The van der Waals surface area contributed by atoms with Crippen LogP contribution in [0, 0.1) is 0 Å². The standard InChI is InChI=1S/C12H11ClN2O3/c1-2-9-10(12(17)18)11(16)15(14-9)8-5-3-7(13)4-6-8/h3-6,14H,2H2,1H3,(H,17,18). The molecule has 0 bridgehead atoms. The number of hydrogen-bond donors (Lipinski definition) is 2. The summed E-state index contributed by atoms with van der Waals surface area (Å²) in [5.74, 6) is -1.22. The van der Waals surface area contributed by atoms with Crippen molar-refractivity contribution in [3.05, 3.63) is 50.9 Å². The van der Waals surface area contributed by atoms with Gasteiger partial charge in [-0.3, -0.25) is 9.89 Å². The highest BCUT2D eigenvalue weighted by atomic mass is 35.5. The summed E-state index contributed by atoms with van der Waals surface area (Å²) in [4.78, 5) is 23.0. The van der Waals surface area contributed by atoms with Crippen LogP contribution in [0.2, 0.25) is 5.02 Å². The summed E-state index contributed by atoms with van der Waals surface area (Å²) in [5.41, 5.74) is 0.170. The van der Waals surface area contributed by atoms with Gasteiger partial charge < -0.3 is 5.11 Å². The molecule has 0 aliphatic rings. The van der Waals surface area contributed by atoms with Crippen LogP contribution in [0.1, 0.15) is 23.0 Å². The maximum absolute atomic E-state index is 12.0. The van der Waals surface area contributed by atoms with Crippen molar-refractivity contribution < 1.29 is 9.90 Å². The van der Waals surface area contributed by atoms with Gasteiger partial charge in [0.05, 0.1) is 11.4 Å². The van der Waals surface area contributed by atoms with Crippen molar-refractivity contribution in [3.63, 3.8) is 0 Å². The van der Waals surface area contributed by atoms with Crippen LogP contribution < -0.4 is 5.56 Å². The molecule has 2 N–H and O–H groups in total. The van der Waals surface area contributed by atoms with E-state index in [1.54, 1.807) is 31.2 Å². The van der Waals surface area contributed by atoms with Crippen LogP contribution >= 0.6 is 11.6 Å². The maximum Gasteiger partial charge on any atom is 0.343 e. The Balaban J connectivity index is 2.63. The summed E-state index contributed by atoms with van der Waals surface area (Å²) in [7, 11) is 0. The number of H-pyrrole nitrogens is 1. The molecule has 0 saturated carbocycles. The Bertz CT molecular complexity index is 640. The quantitative estimate of drug-likeness (QED) is 0.893. The molecule has 0 amide bonds. The number of rotatable bonds is 3. The number of aromatic carboxylic acids is 1. The lowest BCUT2D eigenvalue weighted by Crippen LogP contribution is -2.20. The minimum absolute atomic E-state index is 0.215. The molecular weight excluding hydrogens is 256 g/mol. The Morgan fingerprint density at radius 3 is 2.44 bits per heavy atom. The Kier molecular flexibility index (Phi) is 3.25. The second kappa shape index (κ2) is 4.70. The molecule has 0 saturated heterocycles. The zero-order chi connectivity index (χ0) is 13.3. The maximum atomic E-state index is 12.0. The number of carboxylic acid groups (broad SMARTS) is 1. The highest BCUT2D eigenvalue weighted by Gasteiger charge is 2.19. The third-order valence-electron chi connectivity index (χ3n) is 2.62. The SMILES string of the molecule is CCc1[nH]n(-c2ccc(Cl)cc2)c(=O)c1C(=O)O. The molecule has 2 aromatic rings. The number of carboxylic acids is 1. The molecule has 5 nitrogen and oxygen atoms in total.